The van der Waals surface area contributed by atoms with Crippen LogP contribution >= 0.6 is 12.2 Å². The van der Waals surface area contributed by atoms with Gasteiger partial charge in [0.25, 0.3) is 0 Å². The minimum atomic E-state index is 0.670. The van der Waals surface area contributed by atoms with E-state index in [0.717, 1.165) is 31.3 Å². The molecule has 0 aromatic carbocycles. The fraction of sp³-hybridized carbons (Fsp3) is 0.900. The summed E-state index contributed by atoms with van der Waals surface area (Å²) in [4.78, 5) is 7.14. The van der Waals surface area contributed by atoms with Crippen LogP contribution in [0, 0.1) is 0 Å². The van der Waals surface area contributed by atoms with Crippen LogP contribution in [0.4, 0.5) is 0 Å². The maximum atomic E-state index is 5.50. The zero-order valence-electron chi connectivity index (χ0n) is 9.07. The van der Waals surface area contributed by atoms with Gasteiger partial charge in [0, 0.05) is 38.8 Å². The van der Waals surface area contributed by atoms with Crippen molar-refractivity contribution in [2.24, 2.45) is 0 Å². The summed E-state index contributed by atoms with van der Waals surface area (Å²) in [6.45, 7) is 7.81. The second-order valence-electron chi connectivity index (χ2n) is 4.26. The Morgan fingerprint density at radius 1 is 1.36 bits per heavy atom. The number of likely N-dealkylation sites (N-methyl/N-ethyl adjacent to an activating group) is 1. The van der Waals surface area contributed by atoms with Crippen molar-refractivity contribution < 1.29 is 0 Å². The van der Waals surface area contributed by atoms with E-state index in [-0.39, 0.29) is 0 Å². The highest BCUT2D eigenvalue weighted by Crippen LogP contribution is 2.19. The summed E-state index contributed by atoms with van der Waals surface area (Å²) in [6, 6.07) is 0.670. The van der Waals surface area contributed by atoms with Crippen LogP contribution in [0.2, 0.25) is 0 Å². The van der Waals surface area contributed by atoms with Gasteiger partial charge in [-0.3, -0.25) is 0 Å². The Bertz CT molecular complexity index is 231. The molecule has 0 aromatic rings. The average molecular weight is 213 g/mol. The summed E-state index contributed by atoms with van der Waals surface area (Å²) in [5, 5.41) is 1.08. The molecule has 0 aromatic heterocycles. The van der Waals surface area contributed by atoms with Crippen molar-refractivity contribution in [3.05, 3.63) is 0 Å². The lowest BCUT2D eigenvalue weighted by Gasteiger charge is -2.48. The van der Waals surface area contributed by atoms with E-state index in [0.29, 0.717) is 6.04 Å². The van der Waals surface area contributed by atoms with Crippen molar-refractivity contribution in [2.75, 3.05) is 39.8 Å². The van der Waals surface area contributed by atoms with Crippen LogP contribution in [0.25, 0.3) is 0 Å². The molecule has 0 N–H and O–H groups in total. The first-order valence-electron chi connectivity index (χ1n) is 5.46. The molecule has 3 nitrogen and oxygen atoms in total. The van der Waals surface area contributed by atoms with Crippen LogP contribution in [-0.2, 0) is 0 Å². The lowest BCUT2D eigenvalue weighted by atomic mass is 10.1. The summed E-state index contributed by atoms with van der Waals surface area (Å²) in [5.74, 6) is 0. The van der Waals surface area contributed by atoms with Gasteiger partial charge >= 0.3 is 0 Å². The summed E-state index contributed by atoms with van der Waals surface area (Å²) >= 11 is 5.50. The van der Waals surface area contributed by atoms with Crippen LogP contribution in [-0.4, -0.2) is 65.6 Å². The molecule has 2 rings (SSSR count). The smallest absolute Gasteiger partial charge is 0.171 e. The predicted octanol–water partition coefficient (Wildman–Crippen LogP) is 0.613. The molecule has 0 aliphatic carbocycles. The Morgan fingerprint density at radius 3 is 2.86 bits per heavy atom. The van der Waals surface area contributed by atoms with Crippen molar-refractivity contribution in [2.45, 2.75) is 19.4 Å². The molecule has 2 heterocycles. The van der Waals surface area contributed by atoms with E-state index in [4.69, 9.17) is 12.2 Å². The number of hydrogen-bond acceptors (Lipinski definition) is 2. The maximum absolute atomic E-state index is 5.50. The lowest BCUT2D eigenvalue weighted by Crippen LogP contribution is -2.61. The number of rotatable bonds is 1. The van der Waals surface area contributed by atoms with E-state index >= 15 is 0 Å². The number of nitrogens with zero attached hydrogens (tertiary/aromatic N) is 3. The molecule has 2 aliphatic rings. The Balaban J connectivity index is 2.04. The summed E-state index contributed by atoms with van der Waals surface area (Å²) in [6.07, 6.45) is 1.26. The zero-order valence-corrected chi connectivity index (χ0v) is 9.89. The van der Waals surface area contributed by atoms with E-state index in [1.54, 1.807) is 0 Å². The Kier molecular flexibility index (Phi) is 2.93. The third kappa shape index (κ3) is 1.73. The topological polar surface area (TPSA) is 9.72 Å². The molecule has 1 unspecified atom stereocenters. The van der Waals surface area contributed by atoms with Crippen molar-refractivity contribution in [3.63, 3.8) is 0 Å². The van der Waals surface area contributed by atoms with Crippen molar-refractivity contribution in [1.82, 2.24) is 14.7 Å². The Hall–Kier alpha value is -0.350. The van der Waals surface area contributed by atoms with Gasteiger partial charge in [-0.05, 0) is 32.6 Å². The quantitative estimate of drug-likeness (QED) is 0.590. The Labute approximate surface area is 91.7 Å². The van der Waals surface area contributed by atoms with Gasteiger partial charge < -0.3 is 14.7 Å². The highest BCUT2D eigenvalue weighted by Gasteiger charge is 2.32. The van der Waals surface area contributed by atoms with Gasteiger partial charge in [-0.1, -0.05) is 0 Å². The molecular weight excluding hydrogens is 194 g/mol. The SMILES string of the molecule is CCN1CCC2CN(C)CCN2C1=S. The minimum Gasteiger partial charge on any atom is -0.349 e. The molecule has 14 heavy (non-hydrogen) atoms. The fourth-order valence-corrected chi connectivity index (χ4v) is 2.85. The fourth-order valence-electron chi connectivity index (χ4n) is 2.39. The standard InChI is InChI=1S/C10H19N3S/c1-3-12-5-4-9-8-11(2)6-7-13(9)10(12)14/h9H,3-8H2,1-2H3. The van der Waals surface area contributed by atoms with E-state index in [9.17, 15) is 0 Å². The van der Waals surface area contributed by atoms with E-state index in [1.165, 1.54) is 13.0 Å². The van der Waals surface area contributed by atoms with Crippen LogP contribution in [0.1, 0.15) is 13.3 Å². The van der Waals surface area contributed by atoms with Crippen molar-refractivity contribution in [3.8, 4) is 0 Å². The number of piperazine rings is 1. The first kappa shape index (κ1) is 10.2. The molecule has 0 saturated carbocycles. The molecule has 4 heteroatoms. The van der Waals surface area contributed by atoms with Crippen LogP contribution in [0.15, 0.2) is 0 Å². The molecule has 0 spiro atoms. The first-order chi connectivity index (χ1) is 6.72. The third-order valence-corrected chi connectivity index (χ3v) is 3.81. The first-order valence-corrected chi connectivity index (χ1v) is 5.87. The van der Waals surface area contributed by atoms with Gasteiger partial charge in [0.1, 0.15) is 0 Å². The Morgan fingerprint density at radius 2 is 2.14 bits per heavy atom. The maximum Gasteiger partial charge on any atom is 0.171 e. The average Bonchev–Trinajstić information content (AvgIpc) is 2.18. The molecule has 2 fully saturated rings. The molecule has 80 valence electrons. The lowest BCUT2D eigenvalue weighted by molar-refractivity contribution is 0.106. The van der Waals surface area contributed by atoms with Gasteiger partial charge in [-0.2, -0.15) is 0 Å². The highest BCUT2D eigenvalue weighted by atomic mass is 32.1. The van der Waals surface area contributed by atoms with E-state index < -0.39 is 0 Å². The summed E-state index contributed by atoms with van der Waals surface area (Å²) < 4.78 is 0. The van der Waals surface area contributed by atoms with Crippen LogP contribution < -0.4 is 0 Å². The van der Waals surface area contributed by atoms with Gasteiger partial charge in [0.05, 0.1) is 0 Å². The summed E-state index contributed by atoms with van der Waals surface area (Å²) in [7, 11) is 2.20. The number of thiocarbonyl (C=S) groups is 1. The molecule has 0 radical (unpaired) electrons. The normalized spacial score (nSPS) is 29.3. The predicted molar refractivity (Wildman–Crippen MR) is 62.5 cm³/mol. The third-order valence-electron chi connectivity index (χ3n) is 3.32. The molecule has 0 bridgehead atoms. The van der Waals surface area contributed by atoms with Gasteiger partial charge in [0.2, 0.25) is 0 Å². The van der Waals surface area contributed by atoms with Crippen molar-refractivity contribution in [1.29, 1.82) is 0 Å². The van der Waals surface area contributed by atoms with Gasteiger partial charge in [-0.15, -0.1) is 0 Å². The monoisotopic (exact) mass is 213 g/mol. The van der Waals surface area contributed by atoms with Gasteiger partial charge in [-0.25, -0.2) is 0 Å². The van der Waals surface area contributed by atoms with Gasteiger partial charge in [0.15, 0.2) is 5.11 Å². The molecule has 2 aliphatic heterocycles. The second-order valence-corrected chi connectivity index (χ2v) is 4.63. The number of fused-ring (bicyclic) bond motifs is 1. The van der Waals surface area contributed by atoms with E-state index in [2.05, 4.69) is 28.7 Å². The summed E-state index contributed by atoms with van der Waals surface area (Å²) in [5.41, 5.74) is 0. The molecular formula is C10H19N3S. The minimum absolute atomic E-state index is 0.670. The number of hydrogen-bond donors (Lipinski definition) is 0. The largest absolute Gasteiger partial charge is 0.349 e. The molecule has 2 saturated heterocycles. The second kappa shape index (κ2) is 4.03. The highest BCUT2D eigenvalue weighted by molar-refractivity contribution is 7.80. The van der Waals surface area contributed by atoms with E-state index in [1.807, 2.05) is 0 Å². The molecule has 0 amide bonds. The van der Waals surface area contributed by atoms with Crippen LogP contribution in [0.3, 0.4) is 0 Å². The zero-order chi connectivity index (χ0) is 10.1. The van der Waals surface area contributed by atoms with Crippen molar-refractivity contribution >= 4 is 17.3 Å². The van der Waals surface area contributed by atoms with Crippen LogP contribution in [0.5, 0.6) is 0 Å². The molecule has 1 atom stereocenters.